The molecule has 0 bridgehead atoms. The number of azo groups is 2. The van der Waals surface area contributed by atoms with E-state index in [-0.39, 0.29) is 57.4 Å². The van der Waals surface area contributed by atoms with Crippen molar-refractivity contribution in [2.45, 2.75) is 40.8 Å². The molecule has 0 unspecified atom stereocenters. The Hall–Kier alpha value is -5.43. The second-order valence-electron chi connectivity index (χ2n) is 8.93. The van der Waals surface area contributed by atoms with Gasteiger partial charge < -0.3 is 0 Å². The first-order chi connectivity index (χ1) is 20.6. The van der Waals surface area contributed by atoms with Crippen LogP contribution in [0.25, 0.3) is 0 Å². The van der Waals surface area contributed by atoms with Crippen LogP contribution in [0.1, 0.15) is 25.2 Å². The molecule has 0 saturated carbocycles. The number of non-ortho nitro benzene ring substituents is 2. The van der Waals surface area contributed by atoms with Gasteiger partial charge in [0.1, 0.15) is 0 Å². The van der Waals surface area contributed by atoms with Crippen molar-refractivity contribution in [3.8, 4) is 23.3 Å². The minimum atomic E-state index is -4.22. The van der Waals surface area contributed by atoms with Crippen LogP contribution in [0.15, 0.2) is 56.9 Å². The van der Waals surface area contributed by atoms with E-state index in [1.165, 1.54) is 45.8 Å². The van der Waals surface area contributed by atoms with Gasteiger partial charge in [-0.2, -0.15) is 0 Å². The van der Waals surface area contributed by atoms with Gasteiger partial charge in [0.15, 0.2) is 0 Å². The summed E-state index contributed by atoms with van der Waals surface area (Å²) < 4.78 is 28.8. The van der Waals surface area contributed by atoms with E-state index in [0.29, 0.717) is 24.5 Å². The third kappa shape index (κ3) is 4.89. The fourth-order valence-electron chi connectivity index (χ4n) is 4.03. The number of fused-ring (bicyclic) bond motifs is 4. The molecule has 0 saturated heterocycles. The van der Waals surface area contributed by atoms with E-state index in [9.17, 15) is 20.2 Å². The first-order valence-electron chi connectivity index (χ1n) is 12.6. The molecule has 0 aliphatic carbocycles. The van der Waals surface area contributed by atoms with Crippen LogP contribution in [0, 0.1) is 34.1 Å². The molecule has 4 heterocycles. The maximum atomic E-state index is 11.6. The zero-order valence-electron chi connectivity index (χ0n) is 22.9. The van der Waals surface area contributed by atoms with Crippen molar-refractivity contribution in [2.24, 2.45) is 20.5 Å². The minimum absolute atomic E-state index is 0.0148. The van der Waals surface area contributed by atoms with E-state index in [2.05, 4.69) is 30.7 Å². The number of aryl methyl sites for hydroxylation is 4. The van der Waals surface area contributed by atoms with E-state index in [1.54, 1.807) is 13.8 Å². The molecule has 0 fully saturated rings. The Bertz CT molecular complexity index is 1730. The summed E-state index contributed by atoms with van der Waals surface area (Å²) in [5, 5.41) is 49.2. The van der Waals surface area contributed by atoms with Gasteiger partial charge in [-0.15, -0.1) is 0 Å². The van der Waals surface area contributed by atoms with Crippen LogP contribution in [0.3, 0.4) is 0 Å². The Labute approximate surface area is 245 Å². The van der Waals surface area contributed by atoms with Crippen LogP contribution in [-0.4, -0.2) is 29.4 Å². The number of benzene rings is 2. The predicted octanol–water partition coefficient (Wildman–Crippen LogP) is 6.44. The molecule has 0 amide bonds. The fourth-order valence-corrected chi connectivity index (χ4v) is 6.13. The molecule has 19 heteroatoms. The first kappa shape index (κ1) is 27.7. The van der Waals surface area contributed by atoms with Crippen molar-refractivity contribution >= 4 is 34.1 Å². The molecule has 6 rings (SSSR count). The molecular formula is C24H22CoN10O8. The van der Waals surface area contributed by atoms with Crippen molar-refractivity contribution in [3.05, 3.63) is 68.0 Å². The van der Waals surface area contributed by atoms with E-state index >= 15 is 0 Å². The van der Waals surface area contributed by atoms with Gasteiger partial charge in [-0.05, 0) is 0 Å². The van der Waals surface area contributed by atoms with Gasteiger partial charge in [0.05, 0.1) is 0 Å². The molecule has 2 aromatic heterocycles. The van der Waals surface area contributed by atoms with Gasteiger partial charge in [-0.3, -0.25) is 0 Å². The van der Waals surface area contributed by atoms with E-state index in [1.807, 2.05) is 13.8 Å². The molecule has 2 aliphatic heterocycles. The van der Waals surface area contributed by atoms with Crippen LogP contribution in [0.4, 0.5) is 34.1 Å². The second-order valence-corrected chi connectivity index (χ2v) is 10.8. The second kappa shape index (κ2) is 10.4. The molecule has 1 spiro atoms. The summed E-state index contributed by atoms with van der Waals surface area (Å²) in [6.07, 6.45) is 0. The zero-order valence-corrected chi connectivity index (χ0v) is 24.0. The molecule has 2 aromatic carbocycles. The van der Waals surface area contributed by atoms with Crippen LogP contribution in [0.2, 0.25) is 0 Å². The van der Waals surface area contributed by atoms with Crippen molar-refractivity contribution in [1.82, 2.24) is 19.6 Å². The Morgan fingerprint density at radius 3 is 1.49 bits per heavy atom. The standard InChI is InChI=1S/2C12H13N5O4.Co/c2*1-3-16-12(19)11(7(2)15-16)14-13-9-6-8(17(20)21)4-5-10(9)18;/h2*4-6,18-19H,3H2,1-2H3;/q;;+4/p-4. The molecule has 2 aliphatic rings. The van der Waals surface area contributed by atoms with Crippen LogP contribution >= 0.6 is 0 Å². The Kier molecular flexibility index (Phi) is 6.73. The fraction of sp³-hybridized carbons (Fsp3) is 0.250. The molecule has 225 valence electrons. The quantitative estimate of drug-likeness (QED) is 0.177. The average molecular weight is 637 g/mol. The van der Waals surface area contributed by atoms with Crippen molar-refractivity contribution < 1.29 is 39.2 Å². The van der Waals surface area contributed by atoms with Gasteiger partial charge in [0.25, 0.3) is 0 Å². The normalized spacial score (nSPS) is 18.1. The predicted molar refractivity (Wildman–Crippen MR) is 142 cm³/mol. The van der Waals surface area contributed by atoms with E-state index < -0.39 is 23.8 Å². The number of nitrogens with zero attached hydrogens (tertiary/aromatic N) is 10. The summed E-state index contributed by atoms with van der Waals surface area (Å²) in [5.41, 5.74) is 0.731. The molecule has 0 N–H and O–H groups in total. The third-order valence-electron chi connectivity index (χ3n) is 6.13. The van der Waals surface area contributed by atoms with E-state index in [4.69, 9.17) is 15.4 Å². The number of nitro benzene ring substituents is 2. The SMILES string of the molecule is CCn1nc(C)c2c1[O][Co]1([O]c3ccc([N+](=O)[O-])cc3N=N2)[O]c2ccc([N+](=O)[O-])cc2N=Nc2c(C)nn(CC)c2[O]1. The van der Waals surface area contributed by atoms with Gasteiger partial charge in [-0.1, -0.05) is 0 Å². The maximum absolute atomic E-state index is 11.6. The number of rotatable bonds is 4. The summed E-state index contributed by atoms with van der Waals surface area (Å²) in [7, 11) is 0. The Balaban J connectivity index is 1.65. The molecule has 0 radical (unpaired) electrons. The van der Waals surface area contributed by atoms with Crippen molar-refractivity contribution in [3.63, 3.8) is 0 Å². The van der Waals surface area contributed by atoms with Crippen LogP contribution < -0.4 is 15.4 Å². The topological polar surface area (TPSA) is 208 Å². The van der Waals surface area contributed by atoms with E-state index in [0.717, 1.165) is 0 Å². The number of nitro groups is 2. The van der Waals surface area contributed by atoms with Crippen LogP contribution in [-0.2, 0) is 27.0 Å². The van der Waals surface area contributed by atoms with Crippen LogP contribution in [0.5, 0.6) is 23.3 Å². The molecule has 18 nitrogen and oxygen atoms in total. The molecule has 4 aromatic rings. The number of hydrogen-bond donors (Lipinski definition) is 0. The number of aromatic nitrogens is 4. The van der Waals surface area contributed by atoms with Gasteiger partial charge >= 0.3 is 245 Å². The monoisotopic (exact) mass is 637 g/mol. The number of hydrogen-bond acceptors (Lipinski definition) is 14. The molecular weight excluding hydrogens is 615 g/mol. The third-order valence-corrected chi connectivity index (χ3v) is 8.03. The average Bonchev–Trinajstić information content (AvgIpc) is 3.47. The van der Waals surface area contributed by atoms with Gasteiger partial charge in [-0.25, -0.2) is 0 Å². The molecule has 43 heavy (non-hydrogen) atoms. The Morgan fingerprint density at radius 1 is 0.698 bits per heavy atom. The van der Waals surface area contributed by atoms with Crippen molar-refractivity contribution in [1.29, 1.82) is 0 Å². The summed E-state index contributed by atoms with van der Waals surface area (Å²) in [6.45, 7) is 7.72. The molecule has 0 atom stereocenters. The van der Waals surface area contributed by atoms with Crippen molar-refractivity contribution in [2.75, 3.05) is 0 Å². The summed E-state index contributed by atoms with van der Waals surface area (Å²) in [5.74, 6) is 0.128. The Morgan fingerprint density at radius 2 is 1.12 bits per heavy atom. The van der Waals surface area contributed by atoms with Gasteiger partial charge in [0.2, 0.25) is 0 Å². The first-order valence-corrected chi connectivity index (χ1v) is 14.3. The summed E-state index contributed by atoms with van der Waals surface area (Å²) in [6, 6.07) is 7.45. The summed E-state index contributed by atoms with van der Waals surface area (Å²) in [4.78, 5) is 22.0. The zero-order chi connectivity index (χ0) is 30.5. The van der Waals surface area contributed by atoms with Gasteiger partial charge in [0, 0.05) is 0 Å². The summed E-state index contributed by atoms with van der Waals surface area (Å²) >= 11 is -4.22.